The Hall–Kier alpha value is -2.68. The SMILES string of the molecule is Cc1cc(N/N=C/c2ccccc2)c2cc(C3CCCCC3)ccc2n1. The number of rotatable bonds is 4. The summed E-state index contributed by atoms with van der Waals surface area (Å²) in [5, 5.41) is 5.60. The third-order valence-corrected chi connectivity index (χ3v) is 5.24. The van der Waals surface area contributed by atoms with Crippen LogP contribution in [0.4, 0.5) is 5.69 Å². The molecule has 132 valence electrons. The molecule has 1 saturated carbocycles. The number of hydrogen-bond acceptors (Lipinski definition) is 3. The fourth-order valence-electron chi connectivity index (χ4n) is 3.87. The second-order valence-corrected chi connectivity index (χ2v) is 7.20. The summed E-state index contributed by atoms with van der Waals surface area (Å²) in [4.78, 5) is 4.70. The number of nitrogens with zero attached hydrogens (tertiary/aromatic N) is 2. The molecule has 0 bridgehead atoms. The maximum atomic E-state index is 4.70. The highest BCUT2D eigenvalue weighted by Gasteiger charge is 2.16. The Balaban J connectivity index is 1.64. The van der Waals surface area contributed by atoms with Crippen LogP contribution < -0.4 is 5.43 Å². The molecule has 3 nitrogen and oxygen atoms in total. The lowest BCUT2D eigenvalue weighted by atomic mass is 9.83. The van der Waals surface area contributed by atoms with E-state index in [1.807, 2.05) is 43.5 Å². The van der Waals surface area contributed by atoms with Crippen molar-refractivity contribution in [2.24, 2.45) is 5.10 Å². The quantitative estimate of drug-likeness (QED) is 0.463. The van der Waals surface area contributed by atoms with Crippen molar-refractivity contribution in [1.82, 2.24) is 4.98 Å². The number of hydrazone groups is 1. The molecule has 0 saturated heterocycles. The second-order valence-electron chi connectivity index (χ2n) is 7.20. The van der Waals surface area contributed by atoms with Gasteiger partial charge >= 0.3 is 0 Å². The van der Waals surface area contributed by atoms with Crippen LogP contribution in [-0.2, 0) is 0 Å². The van der Waals surface area contributed by atoms with Crippen molar-refractivity contribution in [3.63, 3.8) is 0 Å². The summed E-state index contributed by atoms with van der Waals surface area (Å²) < 4.78 is 0. The number of benzene rings is 2. The Morgan fingerprint density at radius 3 is 2.62 bits per heavy atom. The highest BCUT2D eigenvalue weighted by Crippen LogP contribution is 2.35. The Morgan fingerprint density at radius 1 is 1.00 bits per heavy atom. The first-order valence-corrected chi connectivity index (χ1v) is 9.55. The summed E-state index contributed by atoms with van der Waals surface area (Å²) in [6.45, 7) is 2.03. The van der Waals surface area contributed by atoms with Crippen LogP contribution in [-0.4, -0.2) is 11.2 Å². The van der Waals surface area contributed by atoms with E-state index < -0.39 is 0 Å². The molecule has 1 heterocycles. The van der Waals surface area contributed by atoms with Crippen molar-refractivity contribution in [2.45, 2.75) is 44.9 Å². The highest BCUT2D eigenvalue weighted by molar-refractivity contribution is 5.92. The average molecular weight is 343 g/mol. The molecule has 2 aromatic carbocycles. The zero-order valence-electron chi connectivity index (χ0n) is 15.3. The lowest BCUT2D eigenvalue weighted by Gasteiger charge is -2.22. The number of hydrogen-bond donors (Lipinski definition) is 1. The number of pyridine rings is 1. The van der Waals surface area contributed by atoms with Gasteiger partial charge in [0, 0.05) is 11.1 Å². The van der Waals surface area contributed by atoms with Gasteiger partial charge in [-0.05, 0) is 55.0 Å². The third kappa shape index (κ3) is 3.77. The largest absolute Gasteiger partial charge is 0.278 e. The van der Waals surface area contributed by atoms with Gasteiger partial charge in [-0.2, -0.15) is 5.10 Å². The first-order chi connectivity index (χ1) is 12.8. The molecule has 0 amide bonds. The van der Waals surface area contributed by atoms with Crippen LogP contribution in [0.3, 0.4) is 0 Å². The fraction of sp³-hybridized carbons (Fsp3) is 0.304. The van der Waals surface area contributed by atoms with Gasteiger partial charge in [0.05, 0.1) is 17.4 Å². The minimum absolute atomic E-state index is 0.690. The van der Waals surface area contributed by atoms with E-state index >= 15 is 0 Å². The summed E-state index contributed by atoms with van der Waals surface area (Å²) in [7, 11) is 0. The van der Waals surface area contributed by atoms with E-state index in [-0.39, 0.29) is 0 Å². The Labute approximate surface area is 155 Å². The van der Waals surface area contributed by atoms with Crippen LogP contribution in [0.15, 0.2) is 59.7 Å². The number of aryl methyl sites for hydroxylation is 1. The van der Waals surface area contributed by atoms with Crippen LogP contribution >= 0.6 is 0 Å². The molecular formula is C23H25N3. The topological polar surface area (TPSA) is 37.3 Å². The van der Waals surface area contributed by atoms with Gasteiger partial charge in [-0.3, -0.25) is 10.4 Å². The van der Waals surface area contributed by atoms with Gasteiger partial charge < -0.3 is 0 Å². The number of nitrogens with one attached hydrogen (secondary N) is 1. The lowest BCUT2D eigenvalue weighted by Crippen LogP contribution is -2.04. The first-order valence-electron chi connectivity index (χ1n) is 9.55. The van der Waals surface area contributed by atoms with Crippen molar-refractivity contribution < 1.29 is 0 Å². The highest BCUT2D eigenvalue weighted by atomic mass is 15.3. The molecule has 0 atom stereocenters. The van der Waals surface area contributed by atoms with Gasteiger partial charge in [-0.25, -0.2) is 0 Å². The zero-order chi connectivity index (χ0) is 17.8. The van der Waals surface area contributed by atoms with Gasteiger partial charge in [-0.15, -0.1) is 0 Å². The van der Waals surface area contributed by atoms with Crippen molar-refractivity contribution in [1.29, 1.82) is 0 Å². The lowest BCUT2D eigenvalue weighted by molar-refractivity contribution is 0.444. The molecule has 0 unspecified atom stereocenters. The molecule has 1 aliphatic rings. The Bertz CT molecular complexity index is 909. The molecule has 0 radical (unpaired) electrons. The number of fused-ring (bicyclic) bond motifs is 1. The van der Waals surface area contributed by atoms with Crippen molar-refractivity contribution >= 4 is 22.8 Å². The molecule has 0 aliphatic heterocycles. The fourth-order valence-corrected chi connectivity index (χ4v) is 3.87. The van der Waals surface area contributed by atoms with Crippen molar-refractivity contribution in [2.75, 3.05) is 5.43 Å². The van der Waals surface area contributed by atoms with Crippen LogP contribution in [0.1, 0.15) is 54.8 Å². The standard InChI is InChI=1S/C23H25N3/c1-17-14-23(26-24-16-18-8-4-2-5-9-18)21-15-20(12-13-22(21)25-17)19-10-6-3-7-11-19/h2,4-5,8-9,12-16,19H,3,6-7,10-11H2,1H3,(H,25,26)/b24-16+. The summed E-state index contributed by atoms with van der Waals surface area (Å²) in [5.74, 6) is 0.690. The molecule has 4 rings (SSSR count). The van der Waals surface area contributed by atoms with Crippen LogP contribution in [0.25, 0.3) is 10.9 Å². The second kappa shape index (κ2) is 7.69. The molecule has 0 spiro atoms. The molecule has 1 N–H and O–H groups in total. The van der Waals surface area contributed by atoms with Gasteiger partial charge in [0.15, 0.2) is 0 Å². The molecule has 26 heavy (non-hydrogen) atoms. The van der Waals surface area contributed by atoms with Crippen LogP contribution in [0, 0.1) is 6.92 Å². The monoisotopic (exact) mass is 343 g/mol. The maximum absolute atomic E-state index is 4.70. The Kier molecular flexibility index (Phi) is 4.96. The van der Waals surface area contributed by atoms with Crippen molar-refractivity contribution in [3.8, 4) is 0 Å². The van der Waals surface area contributed by atoms with E-state index in [0.717, 1.165) is 27.8 Å². The molecule has 3 aromatic rings. The van der Waals surface area contributed by atoms with Crippen LogP contribution in [0.5, 0.6) is 0 Å². The summed E-state index contributed by atoms with van der Waals surface area (Å²) in [5.41, 5.74) is 8.82. The predicted octanol–water partition coefficient (Wildman–Crippen LogP) is 6.04. The van der Waals surface area contributed by atoms with Gasteiger partial charge in [0.1, 0.15) is 0 Å². The molecule has 1 aliphatic carbocycles. The zero-order valence-corrected chi connectivity index (χ0v) is 15.3. The van der Waals surface area contributed by atoms with Crippen LogP contribution in [0.2, 0.25) is 0 Å². The molecule has 3 heteroatoms. The predicted molar refractivity (Wildman–Crippen MR) is 110 cm³/mol. The minimum atomic E-state index is 0.690. The van der Waals surface area contributed by atoms with E-state index in [1.54, 1.807) is 0 Å². The van der Waals surface area contributed by atoms with E-state index in [4.69, 9.17) is 4.98 Å². The average Bonchev–Trinajstić information content (AvgIpc) is 2.69. The van der Waals surface area contributed by atoms with Crippen molar-refractivity contribution in [3.05, 3.63) is 71.4 Å². The Morgan fingerprint density at radius 2 is 1.81 bits per heavy atom. The van der Waals surface area contributed by atoms with E-state index in [9.17, 15) is 0 Å². The number of aromatic nitrogens is 1. The van der Waals surface area contributed by atoms with Gasteiger partial charge in [0.2, 0.25) is 0 Å². The summed E-state index contributed by atoms with van der Waals surface area (Å²) in [6, 6.07) is 19.0. The summed E-state index contributed by atoms with van der Waals surface area (Å²) >= 11 is 0. The minimum Gasteiger partial charge on any atom is -0.278 e. The molecule has 1 fully saturated rings. The normalized spacial score (nSPS) is 15.6. The number of anilines is 1. The third-order valence-electron chi connectivity index (χ3n) is 5.24. The van der Waals surface area contributed by atoms with E-state index in [1.165, 1.54) is 37.7 Å². The first kappa shape index (κ1) is 16.8. The molecular weight excluding hydrogens is 318 g/mol. The van der Waals surface area contributed by atoms with E-state index in [0.29, 0.717) is 5.92 Å². The smallest absolute Gasteiger partial charge is 0.0726 e. The maximum Gasteiger partial charge on any atom is 0.0726 e. The molecule has 1 aromatic heterocycles. The van der Waals surface area contributed by atoms with Gasteiger partial charge in [0.25, 0.3) is 0 Å². The van der Waals surface area contributed by atoms with E-state index in [2.05, 4.69) is 34.8 Å². The summed E-state index contributed by atoms with van der Waals surface area (Å²) in [6.07, 6.45) is 8.54. The van der Waals surface area contributed by atoms with Gasteiger partial charge in [-0.1, -0.05) is 55.7 Å².